The molecule has 0 unspecified atom stereocenters. The number of aryl methyl sites for hydroxylation is 5. The van der Waals surface area contributed by atoms with Gasteiger partial charge >= 0.3 is 0 Å². The van der Waals surface area contributed by atoms with Crippen LogP contribution < -0.4 is 0 Å². The highest BCUT2D eigenvalue weighted by atomic mass is 14.3. The first-order valence-electron chi connectivity index (χ1n) is 16.2. The Morgan fingerprint density at radius 2 is 0.800 bits per heavy atom. The first-order chi connectivity index (χ1) is 21.9. The summed E-state index contributed by atoms with van der Waals surface area (Å²) in [6, 6.07) is 35.5. The van der Waals surface area contributed by atoms with Crippen molar-refractivity contribution in [3.8, 4) is 0 Å². The van der Waals surface area contributed by atoms with Crippen LogP contribution in [0.1, 0.15) is 27.8 Å². The van der Waals surface area contributed by atoms with Crippen LogP contribution >= 0.6 is 0 Å². The molecule has 0 spiro atoms. The third-order valence-corrected chi connectivity index (χ3v) is 11.3. The molecule has 11 rings (SSSR count). The minimum absolute atomic E-state index is 1.32. The fraction of sp³-hybridized carbons (Fsp3) is 0.111. The molecule has 0 amide bonds. The van der Waals surface area contributed by atoms with Gasteiger partial charge in [-0.05, 0) is 170 Å². The van der Waals surface area contributed by atoms with E-state index in [-0.39, 0.29) is 0 Å². The SMILES string of the molecule is Cc1cc2cccc3c4ccc5c6cc(C)c7c8c(C)ccc9ccc(C)c(c%10cc(C)c(c%11ccc(c(c1)c23)c4c5%11)c6c%107)c98. The molecule has 0 aliphatic carbocycles. The maximum Gasteiger partial charge on any atom is -0.00108 e. The Bertz CT molecular complexity index is 3110. The van der Waals surface area contributed by atoms with E-state index in [1.807, 2.05) is 0 Å². The first kappa shape index (κ1) is 24.2. The van der Waals surface area contributed by atoms with E-state index in [0.717, 1.165) is 0 Å². The summed E-state index contributed by atoms with van der Waals surface area (Å²) >= 11 is 0. The molecule has 11 aromatic rings. The van der Waals surface area contributed by atoms with Crippen molar-refractivity contribution < 1.29 is 0 Å². The smallest absolute Gasteiger partial charge is 0.00108 e. The maximum absolute atomic E-state index is 2.51. The molecule has 0 radical (unpaired) electrons. The molecule has 11 aromatic carbocycles. The summed E-state index contributed by atoms with van der Waals surface area (Å²) in [6.07, 6.45) is 0. The highest BCUT2D eigenvalue weighted by molar-refractivity contribution is 6.47. The molecule has 0 aliphatic heterocycles. The molecule has 0 nitrogen and oxygen atoms in total. The molecule has 0 bridgehead atoms. The van der Waals surface area contributed by atoms with E-state index < -0.39 is 0 Å². The van der Waals surface area contributed by atoms with E-state index in [4.69, 9.17) is 0 Å². The summed E-state index contributed by atoms with van der Waals surface area (Å²) in [5.41, 5.74) is 6.76. The van der Waals surface area contributed by atoms with Crippen molar-refractivity contribution in [1.29, 1.82) is 0 Å². The van der Waals surface area contributed by atoms with Crippen molar-refractivity contribution in [3.05, 3.63) is 119 Å². The van der Waals surface area contributed by atoms with Gasteiger partial charge in [-0.1, -0.05) is 91.0 Å². The van der Waals surface area contributed by atoms with Gasteiger partial charge in [-0.2, -0.15) is 0 Å². The molecule has 0 fully saturated rings. The van der Waals surface area contributed by atoms with E-state index in [1.165, 1.54) is 136 Å². The first-order valence-corrected chi connectivity index (χ1v) is 16.2. The Balaban J connectivity index is 1.48. The lowest BCUT2D eigenvalue weighted by Crippen LogP contribution is -1.97. The molecule has 0 atom stereocenters. The molecule has 45 heavy (non-hydrogen) atoms. The largest absolute Gasteiger partial charge is 0.0610 e. The zero-order valence-electron chi connectivity index (χ0n) is 26.2. The second-order valence-corrected chi connectivity index (χ2v) is 13.9. The standard InChI is InChI=1S/C45H30/c1-21-17-27-7-6-8-28-29-13-14-31-34-19-25(5)39-38-23(3)10-12-26-11-9-22(2)36(41(26)38)35-20-24(4)37(44(34)45(35)39)32-16-15-30(42(29)43(31)32)33(18-21)40(27)28/h6-20H,1-5H3. The molecular formula is C45H30. The van der Waals surface area contributed by atoms with Gasteiger partial charge in [0.25, 0.3) is 0 Å². The van der Waals surface area contributed by atoms with Crippen LogP contribution in [-0.4, -0.2) is 0 Å². The Labute approximate surface area is 260 Å². The number of fused-ring (bicyclic) bond motifs is 6. The lowest BCUT2D eigenvalue weighted by molar-refractivity contribution is 1.51. The van der Waals surface area contributed by atoms with Crippen LogP contribution in [0.15, 0.2) is 91.0 Å². The zero-order valence-corrected chi connectivity index (χ0v) is 26.2. The molecule has 0 saturated heterocycles. The van der Waals surface area contributed by atoms with E-state index in [2.05, 4.69) is 126 Å². The van der Waals surface area contributed by atoms with Gasteiger partial charge in [0, 0.05) is 0 Å². The van der Waals surface area contributed by atoms with Gasteiger partial charge in [0.05, 0.1) is 0 Å². The van der Waals surface area contributed by atoms with Gasteiger partial charge in [-0.25, -0.2) is 0 Å². The highest BCUT2D eigenvalue weighted by Gasteiger charge is 2.24. The summed E-state index contributed by atoms with van der Waals surface area (Å²) in [5.74, 6) is 0. The molecule has 0 N–H and O–H groups in total. The monoisotopic (exact) mass is 570 g/mol. The van der Waals surface area contributed by atoms with Crippen LogP contribution in [0.25, 0.3) is 108 Å². The van der Waals surface area contributed by atoms with Crippen LogP contribution in [0.5, 0.6) is 0 Å². The minimum Gasteiger partial charge on any atom is -0.0610 e. The fourth-order valence-electron chi connectivity index (χ4n) is 9.67. The third-order valence-electron chi connectivity index (χ3n) is 11.3. The van der Waals surface area contributed by atoms with Gasteiger partial charge in [0.2, 0.25) is 0 Å². The number of hydrogen-bond donors (Lipinski definition) is 0. The molecule has 0 heterocycles. The van der Waals surface area contributed by atoms with Crippen molar-refractivity contribution in [2.24, 2.45) is 0 Å². The van der Waals surface area contributed by atoms with E-state index >= 15 is 0 Å². The van der Waals surface area contributed by atoms with Crippen molar-refractivity contribution in [2.75, 3.05) is 0 Å². The van der Waals surface area contributed by atoms with Crippen molar-refractivity contribution >= 4 is 108 Å². The number of hydrogen-bond acceptors (Lipinski definition) is 0. The second kappa shape index (κ2) is 7.71. The predicted molar refractivity (Wildman–Crippen MR) is 199 cm³/mol. The summed E-state index contributed by atoms with van der Waals surface area (Å²) in [6.45, 7) is 11.5. The Kier molecular flexibility index (Phi) is 4.14. The van der Waals surface area contributed by atoms with Gasteiger partial charge in [-0.15, -0.1) is 0 Å². The van der Waals surface area contributed by atoms with E-state index in [9.17, 15) is 0 Å². The van der Waals surface area contributed by atoms with Crippen LogP contribution in [0.3, 0.4) is 0 Å². The zero-order chi connectivity index (χ0) is 30.0. The average Bonchev–Trinajstić information content (AvgIpc) is 3.03. The van der Waals surface area contributed by atoms with E-state index in [0.29, 0.717) is 0 Å². The highest BCUT2D eigenvalue weighted by Crippen LogP contribution is 2.52. The molecule has 0 aliphatic rings. The summed E-state index contributed by atoms with van der Waals surface area (Å²) in [5, 5.41) is 27.9. The van der Waals surface area contributed by atoms with Crippen molar-refractivity contribution in [1.82, 2.24) is 0 Å². The molecule has 0 heteroatoms. The normalized spacial score (nSPS) is 13.0. The van der Waals surface area contributed by atoms with Crippen molar-refractivity contribution in [2.45, 2.75) is 34.6 Å². The second-order valence-electron chi connectivity index (χ2n) is 13.9. The lowest BCUT2D eigenvalue weighted by atomic mass is 9.78. The quantitative estimate of drug-likeness (QED) is 0.126. The van der Waals surface area contributed by atoms with Crippen LogP contribution in [0.2, 0.25) is 0 Å². The average molecular weight is 571 g/mol. The Morgan fingerprint density at radius 1 is 0.267 bits per heavy atom. The number of benzene rings is 11. The van der Waals surface area contributed by atoms with Gasteiger partial charge in [0.1, 0.15) is 0 Å². The Morgan fingerprint density at radius 3 is 1.58 bits per heavy atom. The lowest BCUT2D eigenvalue weighted by Gasteiger charge is -2.24. The summed E-state index contributed by atoms with van der Waals surface area (Å²) in [7, 11) is 0. The minimum atomic E-state index is 1.32. The van der Waals surface area contributed by atoms with Gasteiger partial charge in [0.15, 0.2) is 0 Å². The summed E-state index contributed by atoms with van der Waals surface area (Å²) in [4.78, 5) is 0. The fourth-order valence-corrected chi connectivity index (χ4v) is 9.67. The topological polar surface area (TPSA) is 0 Å². The molecule has 210 valence electrons. The molecule has 0 saturated carbocycles. The molecular weight excluding hydrogens is 540 g/mol. The van der Waals surface area contributed by atoms with Crippen molar-refractivity contribution in [3.63, 3.8) is 0 Å². The Hall–Kier alpha value is -5.20. The third kappa shape index (κ3) is 2.65. The van der Waals surface area contributed by atoms with Crippen LogP contribution in [0, 0.1) is 34.6 Å². The predicted octanol–water partition coefficient (Wildman–Crippen LogP) is 13.1. The maximum atomic E-state index is 2.51. The number of rotatable bonds is 0. The van der Waals surface area contributed by atoms with Crippen LogP contribution in [0.4, 0.5) is 0 Å². The summed E-state index contributed by atoms with van der Waals surface area (Å²) < 4.78 is 0. The molecule has 0 aromatic heterocycles. The van der Waals surface area contributed by atoms with Gasteiger partial charge in [-0.3, -0.25) is 0 Å². The van der Waals surface area contributed by atoms with Gasteiger partial charge < -0.3 is 0 Å². The van der Waals surface area contributed by atoms with E-state index in [1.54, 1.807) is 0 Å². The van der Waals surface area contributed by atoms with Crippen LogP contribution in [-0.2, 0) is 0 Å².